The Morgan fingerprint density at radius 3 is 2.75 bits per heavy atom. The van der Waals surface area contributed by atoms with Crippen molar-refractivity contribution in [3.05, 3.63) is 44.6 Å². The normalized spacial score (nSPS) is 13.9. The fraction of sp³-hybridized carbons (Fsp3) is 0.0769. The summed E-state index contributed by atoms with van der Waals surface area (Å²) in [6.45, 7) is -0.0420. The number of halogens is 2. The lowest BCUT2D eigenvalue weighted by molar-refractivity contribution is -0.115. The van der Waals surface area contributed by atoms with Crippen LogP contribution in [0, 0.1) is 0 Å². The van der Waals surface area contributed by atoms with Crippen molar-refractivity contribution >= 4 is 57.7 Å². The van der Waals surface area contributed by atoms with Gasteiger partial charge in [-0.15, -0.1) is 11.3 Å². The fourth-order valence-corrected chi connectivity index (χ4v) is 3.49. The van der Waals surface area contributed by atoms with E-state index in [0.29, 0.717) is 25.6 Å². The van der Waals surface area contributed by atoms with Gasteiger partial charge >= 0.3 is 0 Å². The molecule has 1 aliphatic rings. The SMILES string of the molecule is O=C1CN(C(=O)c2cc(Cl)sc2Cl)c2ccccc2N1. The van der Waals surface area contributed by atoms with E-state index in [1.807, 2.05) is 0 Å². The van der Waals surface area contributed by atoms with E-state index in [2.05, 4.69) is 5.32 Å². The Morgan fingerprint density at radius 2 is 2.05 bits per heavy atom. The number of hydrogen-bond donors (Lipinski definition) is 1. The first kappa shape index (κ1) is 13.4. The molecule has 102 valence electrons. The summed E-state index contributed by atoms with van der Waals surface area (Å²) in [5, 5.41) is 2.73. The molecular formula is C13H8Cl2N2O2S. The highest BCUT2D eigenvalue weighted by molar-refractivity contribution is 7.20. The number of fused-ring (bicyclic) bond motifs is 1. The highest BCUT2D eigenvalue weighted by atomic mass is 35.5. The van der Waals surface area contributed by atoms with E-state index in [9.17, 15) is 9.59 Å². The number of anilines is 2. The van der Waals surface area contributed by atoms with Gasteiger partial charge in [-0.2, -0.15) is 0 Å². The van der Waals surface area contributed by atoms with Crippen LogP contribution in [0.15, 0.2) is 30.3 Å². The van der Waals surface area contributed by atoms with Gasteiger partial charge in [-0.25, -0.2) is 0 Å². The maximum Gasteiger partial charge on any atom is 0.261 e. The number of carbonyl (C=O) groups excluding carboxylic acids is 2. The lowest BCUT2D eigenvalue weighted by atomic mass is 10.1. The van der Waals surface area contributed by atoms with E-state index in [-0.39, 0.29) is 18.4 Å². The quantitative estimate of drug-likeness (QED) is 0.869. The number of para-hydroxylation sites is 2. The summed E-state index contributed by atoms with van der Waals surface area (Å²) < 4.78 is 0.761. The summed E-state index contributed by atoms with van der Waals surface area (Å²) in [7, 11) is 0. The molecule has 1 aromatic carbocycles. The summed E-state index contributed by atoms with van der Waals surface area (Å²) in [4.78, 5) is 25.7. The Morgan fingerprint density at radius 1 is 1.30 bits per heavy atom. The Balaban J connectivity index is 2.04. The molecule has 0 aliphatic carbocycles. The molecule has 0 saturated carbocycles. The molecule has 1 aromatic heterocycles. The molecule has 0 radical (unpaired) electrons. The first-order chi connectivity index (χ1) is 9.56. The van der Waals surface area contributed by atoms with Crippen LogP contribution in [-0.4, -0.2) is 18.4 Å². The van der Waals surface area contributed by atoms with Crippen LogP contribution < -0.4 is 10.2 Å². The maximum atomic E-state index is 12.6. The molecule has 1 N–H and O–H groups in total. The number of rotatable bonds is 1. The van der Waals surface area contributed by atoms with Crippen LogP contribution in [0.5, 0.6) is 0 Å². The fourth-order valence-electron chi connectivity index (χ4n) is 2.05. The predicted octanol–water partition coefficient (Wildman–Crippen LogP) is 3.65. The molecule has 0 fully saturated rings. The van der Waals surface area contributed by atoms with Gasteiger partial charge in [-0.3, -0.25) is 14.5 Å². The van der Waals surface area contributed by atoms with E-state index >= 15 is 0 Å². The Bertz CT molecular complexity index is 714. The predicted molar refractivity (Wildman–Crippen MR) is 81.1 cm³/mol. The number of thiophene rings is 1. The van der Waals surface area contributed by atoms with Gasteiger partial charge < -0.3 is 5.32 Å². The molecule has 2 aromatic rings. The number of nitrogens with one attached hydrogen (secondary N) is 1. The van der Waals surface area contributed by atoms with Crippen molar-refractivity contribution in [2.24, 2.45) is 0 Å². The highest BCUT2D eigenvalue weighted by Crippen LogP contribution is 2.35. The van der Waals surface area contributed by atoms with Gasteiger partial charge in [0.1, 0.15) is 10.9 Å². The van der Waals surface area contributed by atoms with Gasteiger partial charge in [-0.1, -0.05) is 35.3 Å². The summed E-state index contributed by atoms with van der Waals surface area (Å²) in [5.41, 5.74) is 1.57. The van der Waals surface area contributed by atoms with E-state index in [1.54, 1.807) is 24.3 Å². The molecule has 4 nitrogen and oxygen atoms in total. The molecule has 3 rings (SSSR count). The van der Waals surface area contributed by atoms with Crippen molar-refractivity contribution in [3.63, 3.8) is 0 Å². The molecule has 0 bridgehead atoms. The third-order valence-electron chi connectivity index (χ3n) is 2.90. The van der Waals surface area contributed by atoms with Crippen molar-refractivity contribution in [2.45, 2.75) is 0 Å². The molecule has 7 heteroatoms. The lowest BCUT2D eigenvalue weighted by Crippen LogP contribution is -2.42. The second-order valence-electron chi connectivity index (χ2n) is 4.19. The molecule has 20 heavy (non-hydrogen) atoms. The third kappa shape index (κ3) is 2.28. The van der Waals surface area contributed by atoms with Crippen LogP contribution in [0.2, 0.25) is 8.67 Å². The lowest BCUT2D eigenvalue weighted by Gasteiger charge is -2.28. The third-order valence-corrected chi connectivity index (χ3v) is 4.39. The topological polar surface area (TPSA) is 49.4 Å². The van der Waals surface area contributed by atoms with E-state index in [0.717, 1.165) is 11.3 Å². The Labute approximate surface area is 128 Å². The van der Waals surface area contributed by atoms with Crippen LogP contribution in [0.4, 0.5) is 11.4 Å². The zero-order valence-corrected chi connectivity index (χ0v) is 12.4. The van der Waals surface area contributed by atoms with E-state index in [1.165, 1.54) is 11.0 Å². The van der Waals surface area contributed by atoms with Gasteiger partial charge in [0.15, 0.2) is 0 Å². The number of carbonyl (C=O) groups is 2. The summed E-state index contributed by atoms with van der Waals surface area (Å²) in [6, 6.07) is 8.63. The molecule has 1 aliphatic heterocycles. The van der Waals surface area contributed by atoms with Crippen LogP contribution >= 0.6 is 34.5 Å². The van der Waals surface area contributed by atoms with Crippen molar-refractivity contribution in [1.29, 1.82) is 0 Å². The summed E-state index contributed by atoms with van der Waals surface area (Å²) in [5.74, 6) is -0.574. The largest absolute Gasteiger partial charge is 0.323 e. The zero-order chi connectivity index (χ0) is 14.3. The van der Waals surface area contributed by atoms with Crippen molar-refractivity contribution in [1.82, 2.24) is 0 Å². The van der Waals surface area contributed by atoms with Crippen LogP contribution in [0.1, 0.15) is 10.4 Å². The van der Waals surface area contributed by atoms with E-state index < -0.39 is 0 Å². The zero-order valence-electron chi connectivity index (χ0n) is 10.0. The highest BCUT2D eigenvalue weighted by Gasteiger charge is 2.29. The smallest absolute Gasteiger partial charge is 0.261 e. The maximum absolute atomic E-state index is 12.6. The number of nitrogens with zero attached hydrogens (tertiary/aromatic N) is 1. The van der Waals surface area contributed by atoms with Gasteiger partial charge in [0.2, 0.25) is 5.91 Å². The molecule has 0 spiro atoms. The average Bonchev–Trinajstić information content (AvgIpc) is 2.76. The second-order valence-corrected chi connectivity index (χ2v) is 6.48. The second kappa shape index (κ2) is 5.09. The van der Waals surface area contributed by atoms with Crippen LogP contribution in [0.3, 0.4) is 0 Å². The molecule has 0 unspecified atom stereocenters. The molecule has 0 atom stereocenters. The first-order valence-electron chi connectivity index (χ1n) is 5.72. The molecular weight excluding hydrogens is 319 g/mol. The number of benzene rings is 1. The van der Waals surface area contributed by atoms with Gasteiger partial charge in [0, 0.05) is 0 Å². The Hall–Kier alpha value is -1.56. The van der Waals surface area contributed by atoms with Crippen molar-refractivity contribution in [3.8, 4) is 0 Å². The minimum Gasteiger partial charge on any atom is -0.323 e. The van der Waals surface area contributed by atoms with Gasteiger partial charge in [-0.05, 0) is 18.2 Å². The van der Waals surface area contributed by atoms with Gasteiger partial charge in [0.25, 0.3) is 5.91 Å². The number of hydrogen-bond acceptors (Lipinski definition) is 3. The van der Waals surface area contributed by atoms with Crippen molar-refractivity contribution in [2.75, 3.05) is 16.8 Å². The first-order valence-corrected chi connectivity index (χ1v) is 7.29. The number of amides is 2. The molecule has 2 amide bonds. The van der Waals surface area contributed by atoms with Gasteiger partial charge in [0.05, 0.1) is 21.3 Å². The monoisotopic (exact) mass is 326 g/mol. The summed E-state index contributed by atoms with van der Waals surface area (Å²) in [6.07, 6.45) is 0. The minimum atomic E-state index is -0.333. The van der Waals surface area contributed by atoms with E-state index in [4.69, 9.17) is 23.2 Å². The molecule has 0 saturated heterocycles. The van der Waals surface area contributed by atoms with Crippen LogP contribution in [0.25, 0.3) is 0 Å². The summed E-state index contributed by atoms with van der Waals surface area (Å²) >= 11 is 13.0. The Kier molecular flexibility index (Phi) is 3.41. The average molecular weight is 327 g/mol. The standard InChI is InChI=1S/C13H8Cl2N2O2S/c14-10-5-7(12(15)20-10)13(19)17-6-11(18)16-8-3-1-2-4-9(8)17/h1-5H,6H2,(H,16,18). The van der Waals surface area contributed by atoms with Crippen molar-refractivity contribution < 1.29 is 9.59 Å². The minimum absolute atomic E-state index is 0.0420. The molecule has 2 heterocycles. The van der Waals surface area contributed by atoms with Crippen LogP contribution in [-0.2, 0) is 4.79 Å².